The number of hydrogen-bond acceptors (Lipinski definition) is 4. The Morgan fingerprint density at radius 3 is 2.36 bits per heavy atom. The van der Waals surface area contributed by atoms with E-state index in [9.17, 15) is 9.59 Å². The summed E-state index contributed by atoms with van der Waals surface area (Å²) in [5, 5.41) is 0. The highest BCUT2D eigenvalue weighted by Crippen LogP contribution is 2.38. The van der Waals surface area contributed by atoms with Gasteiger partial charge in [0.25, 0.3) is 11.8 Å². The SMILES string of the molecule is CCCOc1ccc(C2=C(N3CCc4ccccc4C3)C(=O)N(C3CCCCC3)C2=O)cc1. The topological polar surface area (TPSA) is 49.9 Å². The number of rotatable bonds is 6. The van der Waals surface area contributed by atoms with Gasteiger partial charge in [-0.15, -0.1) is 0 Å². The average Bonchev–Trinajstić information content (AvgIpc) is 3.13. The van der Waals surface area contributed by atoms with Crippen LogP contribution in [0.3, 0.4) is 0 Å². The fraction of sp³-hybridized carbons (Fsp3) is 0.429. The lowest BCUT2D eigenvalue weighted by atomic mass is 9.94. The van der Waals surface area contributed by atoms with Gasteiger partial charge in [0.1, 0.15) is 11.4 Å². The lowest BCUT2D eigenvalue weighted by molar-refractivity contribution is -0.141. The van der Waals surface area contributed by atoms with E-state index in [0.717, 1.165) is 56.4 Å². The second-order valence-corrected chi connectivity index (χ2v) is 9.31. The van der Waals surface area contributed by atoms with E-state index in [2.05, 4.69) is 30.0 Å². The minimum Gasteiger partial charge on any atom is -0.494 e. The fourth-order valence-corrected chi connectivity index (χ4v) is 5.38. The van der Waals surface area contributed by atoms with Crippen LogP contribution in [0.2, 0.25) is 0 Å². The third-order valence-electron chi connectivity index (χ3n) is 7.09. The first-order valence-corrected chi connectivity index (χ1v) is 12.3. The van der Waals surface area contributed by atoms with Crippen LogP contribution in [0.15, 0.2) is 54.2 Å². The van der Waals surface area contributed by atoms with E-state index < -0.39 is 0 Å². The maximum absolute atomic E-state index is 13.8. The molecule has 5 nitrogen and oxygen atoms in total. The van der Waals surface area contributed by atoms with Gasteiger partial charge in [-0.2, -0.15) is 0 Å². The van der Waals surface area contributed by atoms with Crippen LogP contribution in [-0.4, -0.2) is 40.8 Å². The number of imide groups is 1. The Bertz CT molecular complexity index is 1070. The van der Waals surface area contributed by atoms with Crippen LogP contribution >= 0.6 is 0 Å². The third-order valence-corrected chi connectivity index (χ3v) is 7.09. The summed E-state index contributed by atoms with van der Waals surface area (Å²) in [6, 6.07) is 16.1. The number of carbonyl (C=O) groups excluding carboxylic acids is 2. The molecule has 2 aromatic rings. The van der Waals surface area contributed by atoms with E-state index >= 15 is 0 Å². The monoisotopic (exact) mass is 444 g/mol. The number of hydrogen-bond donors (Lipinski definition) is 0. The van der Waals surface area contributed by atoms with Gasteiger partial charge in [-0.05, 0) is 54.5 Å². The number of benzene rings is 2. The van der Waals surface area contributed by atoms with Gasteiger partial charge in [0.2, 0.25) is 0 Å². The Labute approximate surface area is 196 Å². The number of carbonyl (C=O) groups is 2. The standard InChI is InChI=1S/C28H32N2O3/c1-2-18-33-24-14-12-21(13-15-24)25-26(29-17-16-20-8-6-7-9-22(20)19-29)28(32)30(27(25)31)23-10-4-3-5-11-23/h6-9,12-15,23H,2-5,10-11,16-19H2,1H3. The largest absolute Gasteiger partial charge is 0.494 e. The molecule has 172 valence electrons. The van der Waals surface area contributed by atoms with Crippen molar-refractivity contribution in [2.45, 2.75) is 64.5 Å². The highest BCUT2D eigenvalue weighted by molar-refractivity contribution is 6.35. The quantitative estimate of drug-likeness (QED) is 0.592. The fourth-order valence-electron chi connectivity index (χ4n) is 5.38. The summed E-state index contributed by atoms with van der Waals surface area (Å²) in [5.41, 5.74) is 4.48. The van der Waals surface area contributed by atoms with Crippen molar-refractivity contribution in [3.8, 4) is 5.75 Å². The Morgan fingerprint density at radius 1 is 0.909 bits per heavy atom. The van der Waals surface area contributed by atoms with Crippen LogP contribution in [0.4, 0.5) is 0 Å². The van der Waals surface area contributed by atoms with Crippen LogP contribution in [0.1, 0.15) is 62.1 Å². The molecule has 33 heavy (non-hydrogen) atoms. The van der Waals surface area contributed by atoms with Crippen LogP contribution < -0.4 is 4.74 Å². The molecule has 0 spiro atoms. The van der Waals surface area contributed by atoms with E-state index in [1.807, 2.05) is 30.3 Å². The molecule has 2 heterocycles. The van der Waals surface area contributed by atoms with E-state index in [1.165, 1.54) is 17.5 Å². The normalized spacial score (nSPS) is 19.3. The Morgan fingerprint density at radius 2 is 1.64 bits per heavy atom. The van der Waals surface area contributed by atoms with Crippen LogP contribution in [0, 0.1) is 0 Å². The maximum atomic E-state index is 13.8. The molecule has 2 amide bonds. The second kappa shape index (κ2) is 9.42. The number of fused-ring (bicyclic) bond motifs is 1. The molecule has 5 heteroatoms. The molecule has 0 saturated heterocycles. The van der Waals surface area contributed by atoms with Crippen molar-refractivity contribution in [1.82, 2.24) is 9.80 Å². The summed E-state index contributed by atoms with van der Waals surface area (Å²) in [7, 11) is 0. The van der Waals surface area contributed by atoms with E-state index in [-0.39, 0.29) is 17.9 Å². The first kappa shape index (κ1) is 21.7. The predicted molar refractivity (Wildman–Crippen MR) is 128 cm³/mol. The second-order valence-electron chi connectivity index (χ2n) is 9.31. The molecular weight excluding hydrogens is 412 g/mol. The van der Waals surface area contributed by atoms with Crippen molar-refractivity contribution < 1.29 is 14.3 Å². The first-order valence-electron chi connectivity index (χ1n) is 12.3. The van der Waals surface area contributed by atoms with Crippen molar-refractivity contribution in [2.75, 3.05) is 13.2 Å². The minimum atomic E-state index is -0.136. The molecule has 1 saturated carbocycles. The molecule has 0 atom stereocenters. The van der Waals surface area contributed by atoms with Crippen molar-refractivity contribution in [3.05, 3.63) is 70.9 Å². The van der Waals surface area contributed by atoms with Crippen molar-refractivity contribution in [3.63, 3.8) is 0 Å². The number of nitrogens with zero attached hydrogens (tertiary/aromatic N) is 2. The molecule has 0 bridgehead atoms. The van der Waals surface area contributed by atoms with E-state index in [1.54, 1.807) is 4.90 Å². The van der Waals surface area contributed by atoms with Gasteiger partial charge in [0.15, 0.2) is 0 Å². The lowest BCUT2D eigenvalue weighted by Gasteiger charge is -2.33. The molecule has 3 aliphatic rings. The number of ether oxygens (including phenoxy) is 1. The van der Waals surface area contributed by atoms with E-state index in [4.69, 9.17) is 4.74 Å². The predicted octanol–water partition coefficient (Wildman–Crippen LogP) is 4.95. The molecule has 0 unspecified atom stereocenters. The number of amides is 2. The highest BCUT2D eigenvalue weighted by Gasteiger charge is 2.45. The first-order chi connectivity index (χ1) is 16.2. The van der Waals surface area contributed by atoms with Gasteiger partial charge >= 0.3 is 0 Å². The molecule has 5 rings (SSSR count). The van der Waals surface area contributed by atoms with Crippen molar-refractivity contribution in [2.24, 2.45) is 0 Å². The zero-order chi connectivity index (χ0) is 22.8. The van der Waals surface area contributed by atoms with Crippen LogP contribution in [0.25, 0.3) is 5.57 Å². The zero-order valence-corrected chi connectivity index (χ0v) is 19.4. The average molecular weight is 445 g/mol. The molecule has 0 aromatic heterocycles. The molecule has 1 fully saturated rings. The molecule has 0 radical (unpaired) electrons. The smallest absolute Gasteiger partial charge is 0.278 e. The van der Waals surface area contributed by atoms with Crippen molar-refractivity contribution in [1.29, 1.82) is 0 Å². The summed E-state index contributed by atoms with van der Waals surface area (Å²) in [4.78, 5) is 31.3. The van der Waals surface area contributed by atoms with Gasteiger partial charge in [-0.25, -0.2) is 0 Å². The summed E-state index contributed by atoms with van der Waals surface area (Å²) in [5.74, 6) is 0.533. The van der Waals surface area contributed by atoms with Crippen LogP contribution in [0.5, 0.6) is 5.75 Å². The van der Waals surface area contributed by atoms with Crippen LogP contribution in [-0.2, 0) is 22.6 Å². The van der Waals surface area contributed by atoms with Gasteiger partial charge in [-0.1, -0.05) is 62.6 Å². The maximum Gasteiger partial charge on any atom is 0.278 e. The minimum absolute atomic E-state index is 0.00971. The third kappa shape index (κ3) is 4.17. The molecule has 1 aliphatic carbocycles. The molecule has 2 aliphatic heterocycles. The summed E-state index contributed by atoms with van der Waals surface area (Å²) in [6.45, 7) is 4.13. The Hall–Kier alpha value is -3.08. The van der Waals surface area contributed by atoms with Gasteiger partial charge < -0.3 is 9.64 Å². The summed E-state index contributed by atoms with van der Waals surface area (Å²) >= 11 is 0. The molecule has 0 N–H and O–H groups in total. The van der Waals surface area contributed by atoms with Crippen molar-refractivity contribution >= 4 is 17.4 Å². The zero-order valence-electron chi connectivity index (χ0n) is 19.4. The Balaban J connectivity index is 1.52. The van der Waals surface area contributed by atoms with E-state index in [0.29, 0.717) is 24.4 Å². The molecular formula is C28H32N2O3. The Kier molecular flexibility index (Phi) is 6.21. The highest BCUT2D eigenvalue weighted by atomic mass is 16.5. The van der Waals surface area contributed by atoms with Gasteiger partial charge in [0, 0.05) is 19.1 Å². The molecule has 2 aromatic carbocycles. The van der Waals surface area contributed by atoms with Gasteiger partial charge in [0.05, 0.1) is 12.2 Å². The summed E-state index contributed by atoms with van der Waals surface area (Å²) in [6.07, 6.45) is 6.97. The van der Waals surface area contributed by atoms with Gasteiger partial charge in [-0.3, -0.25) is 14.5 Å². The summed E-state index contributed by atoms with van der Waals surface area (Å²) < 4.78 is 5.73. The lowest BCUT2D eigenvalue weighted by Crippen LogP contribution is -2.44.